The van der Waals surface area contributed by atoms with E-state index in [1.54, 1.807) is 7.11 Å². The molecule has 0 bridgehead atoms. The van der Waals surface area contributed by atoms with Gasteiger partial charge in [-0.3, -0.25) is 4.90 Å². The van der Waals surface area contributed by atoms with Crippen LogP contribution in [0.2, 0.25) is 0 Å². The zero-order valence-corrected chi connectivity index (χ0v) is 13.3. The number of methoxy groups -OCH3 is 1. The molecule has 0 heterocycles. The Morgan fingerprint density at radius 1 is 1.42 bits per heavy atom. The highest BCUT2D eigenvalue weighted by molar-refractivity contribution is 9.10. The van der Waals surface area contributed by atoms with Crippen molar-refractivity contribution in [3.8, 4) is 0 Å². The molecule has 0 aliphatic heterocycles. The Balaban J connectivity index is 2.04. The first-order valence-corrected chi connectivity index (χ1v) is 7.67. The third kappa shape index (κ3) is 4.48. The lowest BCUT2D eigenvalue weighted by atomic mass is 10.1. The first kappa shape index (κ1) is 14.8. The number of hydrogen-bond donors (Lipinski definition) is 1. The van der Waals surface area contributed by atoms with E-state index in [4.69, 9.17) is 10.5 Å². The second-order valence-electron chi connectivity index (χ2n) is 5.43. The molecule has 1 aromatic rings. The van der Waals surface area contributed by atoms with Crippen molar-refractivity contribution in [3.05, 3.63) is 28.2 Å². The highest BCUT2D eigenvalue weighted by atomic mass is 79.9. The van der Waals surface area contributed by atoms with Gasteiger partial charge in [0.15, 0.2) is 0 Å². The van der Waals surface area contributed by atoms with Gasteiger partial charge in [-0.1, -0.05) is 15.9 Å². The van der Waals surface area contributed by atoms with Crippen LogP contribution in [0, 0.1) is 5.92 Å². The van der Waals surface area contributed by atoms with Crippen LogP contribution < -0.4 is 5.73 Å². The molecule has 0 spiro atoms. The number of anilines is 1. The Labute approximate surface area is 124 Å². The summed E-state index contributed by atoms with van der Waals surface area (Å²) in [4.78, 5) is 2.50. The molecule has 2 N–H and O–H groups in total. The van der Waals surface area contributed by atoms with Gasteiger partial charge >= 0.3 is 0 Å². The van der Waals surface area contributed by atoms with Crippen LogP contribution in [-0.2, 0) is 11.3 Å². The molecule has 3 nitrogen and oxygen atoms in total. The van der Waals surface area contributed by atoms with Gasteiger partial charge in [0.05, 0.1) is 6.61 Å². The molecule has 1 unspecified atom stereocenters. The first-order valence-electron chi connectivity index (χ1n) is 6.88. The van der Waals surface area contributed by atoms with E-state index in [1.165, 1.54) is 18.4 Å². The zero-order valence-electron chi connectivity index (χ0n) is 11.7. The average molecular weight is 327 g/mol. The van der Waals surface area contributed by atoms with E-state index >= 15 is 0 Å². The molecular weight excluding hydrogens is 304 g/mol. The van der Waals surface area contributed by atoms with Crippen molar-refractivity contribution in [1.29, 1.82) is 0 Å². The van der Waals surface area contributed by atoms with E-state index < -0.39 is 0 Å². The van der Waals surface area contributed by atoms with E-state index in [2.05, 4.69) is 39.9 Å². The minimum atomic E-state index is 0.621. The van der Waals surface area contributed by atoms with Crippen molar-refractivity contribution in [2.75, 3.05) is 26.0 Å². The normalized spacial score (nSPS) is 16.8. The fourth-order valence-electron chi connectivity index (χ4n) is 2.51. The predicted octanol–water partition coefficient (Wildman–Crippen LogP) is 3.28. The summed E-state index contributed by atoms with van der Waals surface area (Å²) in [5.41, 5.74) is 7.98. The Morgan fingerprint density at radius 2 is 2.16 bits per heavy atom. The standard InChI is InChI=1S/C15H23BrN2O/c1-11(13-3-4-13)18(5-6-19-2)10-12-7-14(16)9-15(17)8-12/h7-9,11,13H,3-6,10,17H2,1-2H3. The summed E-state index contributed by atoms with van der Waals surface area (Å²) in [6.45, 7) is 5.01. The van der Waals surface area contributed by atoms with Crippen molar-refractivity contribution >= 4 is 21.6 Å². The summed E-state index contributed by atoms with van der Waals surface area (Å²) in [6, 6.07) is 6.77. The molecule has 0 aromatic heterocycles. The number of benzene rings is 1. The maximum Gasteiger partial charge on any atom is 0.0589 e. The number of nitrogens with zero attached hydrogens (tertiary/aromatic N) is 1. The van der Waals surface area contributed by atoms with E-state index in [1.807, 2.05) is 6.07 Å². The molecule has 0 radical (unpaired) electrons. The van der Waals surface area contributed by atoms with Crippen molar-refractivity contribution in [1.82, 2.24) is 4.90 Å². The van der Waals surface area contributed by atoms with Gasteiger partial charge in [0, 0.05) is 36.4 Å². The number of nitrogen functional groups attached to an aromatic ring is 1. The second kappa shape index (κ2) is 6.73. The maximum atomic E-state index is 5.91. The van der Waals surface area contributed by atoms with Crippen molar-refractivity contribution in [2.45, 2.75) is 32.4 Å². The molecule has 19 heavy (non-hydrogen) atoms. The van der Waals surface area contributed by atoms with Crippen LogP contribution in [0.1, 0.15) is 25.3 Å². The Bertz CT molecular complexity index is 400. The van der Waals surface area contributed by atoms with E-state index in [-0.39, 0.29) is 0 Å². The topological polar surface area (TPSA) is 38.5 Å². The molecule has 1 aliphatic carbocycles. The van der Waals surface area contributed by atoms with Crippen LogP contribution in [-0.4, -0.2) is 31.2 Å². The number of nitrogens with two attached hydrogens (primary N) is 1. The van der Waals surface area contributed by atoms with Gasteiger partial charge in [-0.2, -0.15) is 0 Å². The molecule has 2 rings (SSSR count). The van der Waals surface area contributed by atoms with Gasteiger partial charge < -0.3 is 10.5 Å². The van der Waals surface area contributed by atoms with E-state index in [0.717, 1.165) is 35.8 Å². The highest BCUT2D eigenvalue weighted by Gasteiger charge is 2.31. The quantitative estimate of drug-likeness (QED) is 0.781. The van der Waals surface area contributed by atoms with Gasteiger partial charge in [-0.15, -0.1) is 0 Å². The molecule has 106 valence electrons. The summed E-state index contributed by atoms with van der Waals surface area (Å²) in [6.07, 6.45) is 2.73. The Kier molecular flexibility index (Phi) is 5.25. The third-order valence-electron chi connectivity index (χ3n) is 3.83. The fraction of sp³-hybridized carbons (Fsp3) is 0.600. The molecule has 1 saturated carbocycles. The molecule has 1 aromatic carbocycles. The number of ether oxygens (including phenoxy) is 1. The summed E-state index contributed by atoms with van der Waals surface area (Å²) in [7, 11) is 1.76. The first-order chi connectivity index (χ1) is 9.10. The second-order valence-corrected chi connectivity index (χ2v) is 6.35. The number of hydrogen-bond acceptors (Lipinski definition) is 3. The van der Waals surface area contributed by atoms with Crippen LogP contribution in [0.25, 0.3) is 0 Å². The lowest BCUT2D eigenvalue weighted by molar-refractivity contribution is 0.111. The fourth-order valence-corrected chi connectivity index (χ4v) is 3.07. The van der Waals surface area contributed by atoms with Crippen LogP contribution >= 0.6 is 15.9 Å². The molecule has 1 fully saturated rings. The van der Waals surface area contributed by atoms with Crippen molar-refractivity contribution < 1.29 is 4.74 Å². The summed E-state index contributed by atoms with van der Waals surface area (Å²) in [5, 5.41) is 0. The largest absolute Gasteiger partial charge is 0.399 e. The Hall–Kier alpha value is -0.580. The minimum Gasteiger partial charge on any atom is -0.399 e. The molecule has 0 amide bonds. The van der Waals surface area contributed by atoms with E-state index in [9.17, 15) is 0 Å². The van der Waals surface area contributed by atoms with E-state index in [0.29, 0.717) is 6.04 Å². The van der Waals surface area contributed by atoms with Crippen LogP contribution in [0.3, 0.4) is 0 Å². The third-order valence-corrected chi connectivity index (χ3v) is 4.29. The molecular formula is C15H23BrN2O. The molecule has 4 heteroatoms. The summed E-state index contributed by atoms with van der Waals surface area (Å²) >= 11 is 3.51. The van der Waals surface area contributed by atoms with Gasteiger partial charge in [0.2, 0.25) is 0 Å². The lowest BCUT2D eigenvalue weighted by Gasteiger charge is -2.29. The van der Waals surface area contributed by atoms with Gasteiger partial charge in [-0.25, -0.2) is 0 Å². The van der Waals surface area contributed by atoms with Crippen LogP contribution in [0.15, 0.2) is 22.7 Å². The molecule has 1 aliphatic rings. The van der Waals surface area contributed by atoms with Crippen molar-refractivity contribution in [2.24, 2.45) is 5.92 Å². The SMILES string of the molecule is COCCN(Cc1cc(N)cc(Br)c1)C(C)C1CC1. The summed E-state index contributed by atoms with van der Waals surface area (Å²) < 4.78 is 6.28. The molecule has 0 saturated heterocycles. The maximum absolute atomic E-state index is 5.91. The lowest BCUT2D eigenvalue weighted by Crippen LogP contribution is -2.36. The van der Waals surface area contributed by atoms with Crippen molar-refractivity contribution in [3.63, 3.8) is 0 Å². The minimum absolute atomic E-state index is 0.621. The highest BCUT2D eigenvalue weighted by Crippen LogP contribution is 2.35. The molecule has 1 atom stereocenters. The summed E-state index contributed by atoms with van der Waals surface area (Å²) in [5.74, 6) is 0.862. The van der Waals surface area contributed by atoms with Gasteiger partial charge in [-0.05, 0) is 49.4 Å². The van der Waals surface area contributed by atoms with Crippen LogP contribution in [0.5, 0.6) is 0 Å². The zero-order chi connectivity index (χ0) is 13.8. The van der Waals surface area contributed by atoms with Gasteiger partial charge in [0.1, 0.15) is 0 Å². The average Bonchev–Trinajstić information content (AvgIpc) is 3.16. The monoisotopic (exact) mass is 326 g/mol. The van der Waals surface area contributed by atoms with Crippen LogP contribution in [0.4, 0.5) is 5.69 Å². The Morgan fingerprint density at radius 3 is 2.74 bits per heavy atom. The number of halogens is 1. The predicted molar refractivity (Wildman–Crippen MR) is 83.0 cm³/mol. The van der Waals surface area contributed by atoms with Gasteiger partial charge in [0.25, 0.3) is 0 Å². The smallest absolute Gasteiger partial charge is 0.0589 e. The number of rotatable bonds is 7.